The number of anilines is 2. The Labute approximate surface area is 196 Å². The summed E-state index contributed by atoms with van der Waals surface area (Å²) in [5.41, 5.74) is 8.23. The molecule has 0 saturated heterocycles. The quantitative estimate of drug-likeness (QED) is 0.296. The van der Waals surface area contributed by atoms with Gasteiger partial charge in [-0.25, -0.2) is 14.8 Å². The van der Waals surface area contributed by atoms with Gasteiger partial charge in [0, 0.05) is 12.6 Å². The Balaban J connectivity index is 1.57. The largest absolute Gasteiger partial charge is 0.462 e. The molecule has 0 aliphatic carbocycles. The van der Waals surface area contributed by atoms with Gasteiger partial charge in [-0.3, -0.25) is 4.79 Å². The molecule has 0 unspecified atom stereocenters. The van der Waals surface area contributed by atoms with Crippen molar-refractivity contribution in [2.24, 2.45) is 0 Å². The molecule has 0 atom stereocenters. The van der Waals surface area contributed by atoms with Crippen LogP contribution in [0.5, 0.6) is 0 Å². The highest BCUT2D eigenvalue weighted by Crippen LogP contribution is 2.34. The van der Waals surface area contributed by atoms with Gasteiger partial charge in [0.15, 0.2) is 0 Å². The van der Waals surface area contributed by atoms with Crippen molar-refractivity contribution in [3.8, 4) is 5.69 Å². The van der Waals surface area contributed by atoms with Crippen LogP contribution in [0.4, 0.5) is 11.5 Å². The number of esters is 1. The summed E-state index contributed by atoms with van der Waals surface area (Å²) in [5, 5.41) is 15.8. The van der Waals surface area contributed by atoms with E-state index in [-0.39, 0.29) is 12.5 Å². The summed E-state index contributed by atoms with van der Waals surface area (Å²) in [7, 11) is 0. The van der Waals surface area contributed by atoms with Crippen molar-refractivity contribution in [3.63, 3.8) is 0 Å². The van der Waals surface area contributed by atoms with Crippen LogP contribution in [0, 0.1) is 6.92 Å². The first-order valence-corrected chi connectivity index (χ1v) is 11.7. The minimum absolute atomic E-state index is 0.168. The number of ether oxygens (including phenoxy) is 1. The van der Waals surface area contributed by atoms with E-state index in [2.05, 4.69) is 30.8 Å². The lowest BCUT2D eigenvalue weighted by molar-refractivity contribution is -0.114. The first-order chi connectivity index (χ1) is 15.9. The second kappa shape index (κ2) is 9.50. The molecule has 1 aromatic carbocycles. The summed E-state index contributed by atoms with van der Waals surface area (Å²) in [5.74, 6) is 0.593. The van der Waals surface area contributed by atoms with E-state index in [1.54, 1.807) is 29.8 Å². The van der Waals surface area contributed by atoms with Crippen molar-refractivity contribution in [2.75, 3.05) is 17.7 Å². The molecule has 13 heteroatoms. The number of aromatic nitrogens is 6. The van der Waals surface area contributed by atoms with Crippen molar-refractivity contribution >= 4 is 56.7 Å². The number of nitrogens with one attached hydrogen (secondary N) is 1. The molecule has 0 radical (unpaired) electrons. The van der Waals surface area contributed by atoms with Gasteiger partial charge in [0.25, 0.3) is 0 Å². The molecule has 1 amide bonds. The molecule has 0 fully saturated rings. The smallest absolute Gasteiger partial charge is 0.348 e. The van der Waals surface area contributed by atoms with Crippen LogP contribution in [0.1, 0.15) is 34.9 Å². The number of rotatable bonds is 7. The summed E-state index contributed by atoms with van der Waals surface area (Å²) in [4.78, 5) is 33.6. The molecule has 170 valence electrons. The first kappa shape index (κ1) is 22.6. The minimum atomic E-state index is -0.394. The molecular formula is C20H20N8O3S2. The normalized spacial score (nSPS) is 11.0. The van der Waals surface area contributed by atoms with Gasteiger partial charge in [-0.2, -0.15) is 4.68 Å². The highest BCUT2D eigenvalue weighted by Gasteiger charge is 2.21. The van der Waals surface area contributed by atoms with E-state index in [4.69, 9.17) is 10.5 Å². The number of thiophene rings is 1. The Hall–Kier alpha value is -3.58. The fourth-order valence-corrected chi connectivity index (χ4v) is 5.00. The number of amides is 1. The van der Waals surface area contributed by atoms with Crippen LogP contribution in [0.25, 0.3) is 15.9 Å². The number of hydrogen-bond acceptors (Lipinski definition) is 11. The Bertz CT molecular complexity index is 1350. The topological polar surface area (TPSA) is 151 Å². The average molecular weight is 485 g/mol. The summed E-state index contributed by atoms with van der Waals surface area (Å²) < 4.78 is 6.68. The van der Waals surface area contributed by atoms with Gasteiger partial charge in [0.1, 0.15) is 21.3 Å². The molecule has 0 aliphatic rings. The second-order valence-electron chi connectivity index (χ2n) is 6.88. The molecule has 0 spiro atoms. The van der Waals surface area contributed by atoms with E-state index < -0.39 is 5.97 Å². The van der Waals surface area contributed by atoms with Gasteiger partial charge in [0.05, 0.1) is 23.4 Å². The van der Waals surface area contributed by atoms with Crippen molar-refractivity contribution in [1.82, 2.24) is 30.2 Å². The maximum atomic E-state index is 12.2. The number of tetrazole rings is 1. The maximum absolute atomic E-state index is 12.2. The monoisotopic (exact) mass is 484 g/mol. The molecular weight excluding hydrogens is 464 g/mol. The molecule has 4 rings (SSSR count). The van der Waals surface area contributed by atoms with Crippen LogP contribution in [0.15, 0.2) is 29.4 Å². The Morgan fingerprint density at radius 3 is 2.88 bits per heavy atom. The molecule has 3 heterocycles. The standard InChI is InChI=1S/C20H20N8O3S2/c1-4-31-19(30)16-10(2)15-17(21)23-14(24-18(15)33-16)9-32-20-25-26-27-28(20)13-7-5-6-12(8-13)22-11(3)29/h5-8H,4,9H2,1-3H3,(H,22,29)(H2,21,23,24). The second-order valence-corrected chi connectivity index (χ2v) is 8.82. The van der Waals surface area contributed by atoms with E-state index in [0.717, 1.165) is 0 Å². The molecule has 11 nitrogen and oxygen atoms in total. The minimum Gasteiger partial charge on any atom is -0.462 e. The van der Waals surface area contributed by atoms with Crippen LogP contribution in [0.3, 0.4) is 0 Å². The number of hydrogen-bond donors (Lipinski definition) is 2. The zero-order valence-electron chi connectivity index (χ0n) is 18.0. The van der Waals surface area contributed by atoms with Crippen LogP contribution in [-0.4, -0.2) is 48.7 Å². The third-order valence-electron chi connectivity index (χ3n) is 4.51. The lowest BCUT2D eigenvalue weighted by Crippen LogP contribution is -2.07. The van der Waals surface area contributed by atoms with Crippen LogP contribution < -0.4 is 11.1 Å². The van der Waals surface area contributed by atoms with E-state index in [1.807, 2.05) is 13.0 Å². The Morgan fingerprint density at radius 2 is 2.12 bits per heavy atom. The number of carbonyl (C=O) groups is 2. The highest BCUT2D eigenvalue weighted by atomic mass is 32.2. The van der Waals surface area contributed by atoms with E-state index in [0.29, 0.717) is 54.6 Å². The fourth-order valence-electron chi connectivity index (χ4n) is 3.15. The summed E-state index contributed by atoms with van der Waals surface area (Å²) in [6.07, 6.45) is 0. The van der Waals surface area contributed by atoms with Crippen molar-refractivity contribution in [1.29, 1.82) is 0 Å². The van der Waals surface area contributed by atoms with Crippen molar-refractivity contribution in [2.45, 2.75) is 31.7 Å². The number of fused-ring (bicyclic) bond motifs is 1. The van der Waals surface area contributed by atoms with Crippen LogP contribution in [-0.2, 0) is 15.3 Å². The van der Waals surface area contributed by atoms with Crippen LogP contribution >= 0.6 is 23.1 Å². The van der Waals surface area contributed by atoms with Crippen molar-refractivity contribution < 1.29 is 14.3 Å². The molecule has 0 bridgehead atoms. The van der Waals surface area contributed by atoms with Gasteiger partial charge in [-0.1, -0.05) is 17.8 Å². The number of thioether (sulfide) groups is 1. The van der Waals surface area contributed by atoms with Gasteiger partial charge in [0.2, 0.25) is 11.1 Å². The fraction of sp³-hybridized carbons (Fsp3) is 0.250. The zero-order chi connectivity index (χ0) is 23.5. The highest BCUT2D eigenvalue weighted by molar-refractivity contribution is 7.98. The number of carbonyl (C=O) groups excluding carboxylic acids is 2. The van der Waals surface area contributed by atoms with E-state index in [9.17, 15) is 9.59 Å². The lowest BCUT2D eigenvalue weighted by Gasteiger charge is -2.07. The number of nitrogens with two attached hydrogens (primary N) is 1. The predicted molar refractivity (Wildman–Crippen MR) is 126 cm³/mol. The van der Waals surface area contributed by atoms with E-state index >= 15 is 0 Å². The lowest BCUT2D eigenvalue weighted by atomic mass is 10.2. The van der Waals surface area contributed by atoms with Gasteiger partial charge in [-0.15, -0.1) is 16.4 Å². The molecule has 0 saturated carbocycles. The molecule has 3 aromatic heterocycles. The zero-order valence-corrected chi connectivity index (χ0v) is 19.7. The Morgan fingerprint density at radius 1 is 1.30 bits per heavy atom. The number of nitrogens with zero attached hydrogens (tertiary/aromatic N) is 6. The molecule has 3 N–H and O–H groups in total. The maximum Gasteiger partial charge on any atom is 0.348 e. The van der Waals surface area contributed by atoms with Gasteiger partial charge in [-0.05, 0) is 48.0 Å². The summed E-state index contributed by atoms with van der Waals surface area (Å²) in [6, 6.07) is 7.18. The van der Waals surface area contributed by atoms with Gasteiger partial charge >= 0.3 is 5.97 Å². The molecule has 33 heavy (non-hydrogen) atoms. The summed E-state index contributed by atoms with van der Waals surface area (Å²) >= 11 is 2.57. The molecule has 0 aliphatic heterocycles. The third kappa shape index (κ3) is 4.78. The predicted octanol–water partition coefficient (Wildman–Crippen LogP) is 2.99. The number of benzene rings is 1. The van der Waals surface area contributed by atoms with E-state index in [1.165, 1.54) is 30.0 Å². The Kier molecular flexibility index (Phi) is 6.51. The van der Waals surface area contributed by atoms with Crippen LogP contribution in [0.2, 0.25) is 0 Å². The first-order valence-electron chi connectivity index (χ1n) is 9.89. The number of aryl methyl sites for hydroxylation is 1. The number of nitrogen functional groups attached to an aromatic ring is 1. The van der Waals surface area contributed by atoms with Crippen molar-refractivity contribution in [3.05, 3.63) is 40.5 Å². The molecule has 4 aromatic rings. The SMILES string of the molecule is CCOC(=O)c1sc2nc(CSc3nnnn3-c3cccc(NC(C)=O)c3)nc(N)c2c1C. The summed E-state index contributed by atoms with van der Waals surface area (Å²) in [6.45, 7) is 5.30. The van der Waals surface area contributed by atoms with Gasteiger partial charge < -0.3 is 15.8 Å². The average Bonchev–Trinajstić information content (AvgIpc) is 3.37. The third-order valence-corrected chi connectivity index (χ3v) is 6.59.